The number of ketones is 3. The monoisotopic (exact) mass is 671 g/mol. The number of phenolic OH excluding ortho intramolecular Hbond substituents is 2. The van der Waals surface area contributed by atoms with Gasteiger partial charge in [0.2, 0.25) is 5.78 Å². The number of phenols is 2. The maximum absolute atomic E-state index is 13.9. The zero-order valence-corrected chi connectivity index (χ0v) is 27.3. The molecular weight excluding hydrogens is 630 g/mol. The quantitative estimate of drug-likeness (QED) is 0.226. The SMILES string of the molecule is COc1cccc2c1C(=O)c1c(O)c3c(c(O)c1C2=O)C[C@@](O)(C(C)=O)C[C@@H]3OC1CC(N)C(OC2CC(OC)C(O)C(C)O2)C(C)O1. The molecule has 6 rings (SSSR count). The molecule has 2 saturated heterocycles. The Morgan fingerprint density at radius 2 is 1.62 bits per heavy atom. The van der Waals surface area contributed by atoms with Crippen LogP contribution in [0.5, 0.6) is 17.2 Å². The molecule has 2 heterocycles. The molecule has 4 aliphatic rings. The number of aliphatic hydroxyl groups excluding tert-OH is 1. The molecule has 0 bridgehead atoms. The van der Waals surface area contributed by atoms with Crippen LogP contribution in [0.25, 0.3) is 0 Å². The summed E-state index contributed by atoms with van der Waals surface area (Å²) in [4.78, 5) is 40.3. The van der Waals surface area contributed by atoms with Gasteiger partial charge in [-0.2, -0.15) is 0 Å². The lowest BCUT2D eigenvalue weighted by atomic mass is 9.72. The molecule has 0 saturated carbocycles. The second kappa shape index (κ2) is 12.8. The number of benzene rings is 2. The molecule has 8 unspecified atom stereocenters. The molecule has 48 heavy (non-hydrogen) atoms. The molecule has 14 nitrogen and oxygen atoms in total. The predicted molar refractivity (Wildman–Crippen MR) is 165 cm³/mol. The van der Waals surface area contributed by atoms with Gasteiger partial charge in [-0.05, 0) is 26.8 Å². The first kappa shape index (κ1) is 34.4. The molecule has 2 aromatic rings. The van der Waals surface area contributed by atoms with Crippen LogP contribution in [-0.2, 0) is 34.9 Å². The predicted octanol–water partition coefficient (Wildman–Crippen LogP) is 1.56. The Balaban J connectivity index is 1.31. The van der Waals surface area contributed by atoms with Crippen LogP contribution in [0, 0.1) is 0 Å². The van der Waals surface area contributed by atoms with Gasteiger partial charge in [-0.25, -0.2) is 0 Å². The number of Topliss-reactive ketones (excluding diaryl/α,β-unsaturated/α-hetero) is 1. The highest BCUT2D eigenvalue weighted by atomic mass is 16.7. The molecule has 0 aromatic heterocycles. The summed E-state index contributed by atoms with van der Waals surface area (Å²) >= 11 is 0. The minimum atomic E-state index is -2.04. The molecule has 2 fully saturated rings. The number of aromatic hydroxyl groups is 2. The molecule has 0 amide bonds. The van der Waals surface area contributed by atoms with Crippen LogP contribution in [0.1, 0.15) is 89.1 Å². The normalized spacial score (nSPS) is 34.6. The summed E-state index contributed by atoms with van der Waals surface area (Å²) in [6, 6.07) is 3.80. The molecule has 260 valence electrons. The van der Waals surface area contributed by atoms with Crippen LogP contribution in [-0.4, -0.2) is 107 Å². The Morgan fingerprint density at radius 3 is 2.27 bits per heavy atom. The average molecular weight is 672 g/mol. The topological polar surface area (TPSA) is 214 Å². The van der Waals surface area contributed by atoms with Crippen molar-refractivity contribution in [2.24, 2.45) is 5.73 Å². The van der Waals surface area contributed by atoms with E-state index < -0.39 is 107 Å². The fourth-order valence-corrected chi connectivity index (χ4v) is 7.37. The van der Waals surface area contributed by atoms with Gasteiger partial charge in [0.05, 0.1) is 48.2 Å². The van der Waals surface area contributed by atoms with E-state index in [2.05, 4.69) is 0 Å². The van der Waals surface area contributed by atoms with Crippen molar-refractivity contribution >= 4 is 17.3 Å². The maximum Gasteiger partial charge on any atom is 0.202 e. The average Bonchev–Trinajstić information content (AvgIpc) is 3.04. The standard InChI is InChI=1S/C34H41NO13/c1-13-28(37)20(44-5)10-23(45-13)48-33-14(2)46-22(9-18(33)35)47-21-12-34(42,15(3)36)11-17-25(21)32(41)27-26(30(17)39)29(38)16-7-6-8-19(43-4)24(16)31(27)40/h6-8,13-14,18,20-23,28,33,37,39,41-42H,9-12,35H2,1-5H3/t13?,14?,18?,20?,21-,22?,23?,28?,33?,34-/m0/s1. The summed E-state index contributed by atoms with van der Waals surface area (Å²) in [6.45, 7) is 4.63. The van der Waals surface area contributed by atoms with E-state index in [4.69, 9.17) is 34.2 Å². The maximum atomic E-state index is 13.9. The second-order valence-electron chi connectivity index (χ2n) is 13.0. The van der Waals surface area contributed by atoms with E-state index in [1.54, 1.807) is 13.8 Å². The fraction of sp³-hybridized carbons (Fsp3) is 0.559. The number of rotatable bonds is 7. The van der Waals surface area contributed by atoms with Crippen molar-refractivity contribution in [1.82, 2.24) is 0 Å². The van der Waals surface area contributed by atoms with Crippen LogP contribution in [0.2, 0.25) is 0 Å². The number of carbonyl (C=O) groups excluding carboxylic acids is 3. The highest BCUT2D eigenvalue weighted by molar-refractivity contribution is 6.31. The lowest BCUT2D eigenvalue weighted by Gasteiger charge is -2.44. The van der Waals surface area contributed by atoms with Gasteiger partial charge in [-0.3, -0.25) is 14.4 Å². The first-order valence-electron chi connectivity index (χ1n) is 15.9. The van der Waals surface area contributed by atoms with E-state index in [-0.39, 0.29) is 47.3 Å². The largest absolute Gasteiger partial charge is 0.507 e. The van der Waals surface area contributed by atoms with Crippen molar-refractivity contribution in [3.63, 3.8) is 0 Å². The summed E-state index contributed by atoms with van der Waals surface area (Å²) in [5.74, 6) is -3.24. The van der Waals surface area contributed by atoms with Crippen LogP contribution in [0.15, 0.2) is 18.2 Å². The zero-order valence-electron chi connectivity index (χ0n) is 27.3. The van der Waals surface area contributed by atoms with E-state index in [9.17, 15) is 34.8 Å². The Labute approximate surface area is 276 Å². The van der Waals surface area contributed by atoms with E-state index >= 15 is 0 Å². The number of hydrogen-bond acceptors (Lipinski definition) is 14. The smallest absolute Gasteiger partial charge is 0.202 e. The van der Waals surface area contributed by atoms with E-state index in [1.807, 2.05) is 0 Å². The number of fused-ring (bicyclic) bond motifs is 3. The van der Waals surface area contributed by atoms with Crippen molar-refractivity contribution < 1.29 is 63.2 Å². The molecule has 2 aromatic carbocycles. The van der Waals surface area contributed by atoms with Gasteiger partial charge in [0.15, 0.2) is 24.1 Å². The minimum absolute atomic E-state index is 0.0238. The van der Waals surface area contributed by atoms with Crippen LogP contribution in [0.4, 0.5) is 0 Å². The molecule has 14 heteroatoms. The molecule has 2 aliphatic heterocycles. The third kappa shape index (κ3) is 5.59. The van der Waals surface area contributed by atoms with E-state index in [1.165, 1.54) is 39.3 Å². The zero-order chi connectivity index (χ0) is 34.8. The summed E-state index contributed by atoms with van der Waals surface area (Å²) in [7, 11) is 2.84. The van der Waals surface area contributed by atoms with Gasteiger partial charge in [0, 0.05) is 55.5 Å². The van der Waals surface area contributed by atoms with Gasteiger partial charge < -0.3 is 54.6 Å². The molecule has 6 N–H and O–H groups in total. The van der Waals surface area contributed by atoms with Gasteiger partial charge in [-0.15, -0.1) is 0 Å². The molecular formula is C34H41NO13. The Bertz CT molecular complexity index is 1630. The fourth-order valence-electron chi connectivity index (χ4n) is 7.37. The molecule has 10 atom stereocenters. The first-order valence-corrected chi connectivity index (χ1v) is 15.9. The second-order valence-corrected chi connectivity index (χ2v) is 13.0. The highest BCUT2D eigenvalue weighted by Gasteiger charge is 2.50. The lowest BCUT2D eigenvalue weighted by molar-refractivity contribution is -0.304. The third-order valence-electron chi connectivity index (χ3n) is 10.0. The Morgan fingerprint density at radius 1 is 0.958 bits per heavy atom. The van der Waals surface area contributed by atoms with Crippen molar-refractivity contribution in [3.8, 4) is 17.2 Å². The van der Waals surface area contributed by atoms with Crippen LogP contribution < -0.4 is 10.5 Å². The van der Waals surface area contributed by atoms with Crippen LogP contribution >= 0.6 is 0 Å². The summed E-state index contributed by atoms with van der Waals surface area (Å²) < 4.78 is 35.2. The summed E-state index contributed by atoms with van der Waals surface area (Å²) in [6.07, 6.45) is -6.61. The number of ether oxygens (including phenoxy) is 6. The van der Waals surface area contributed by atoms with Crippen molar-refractivity contribution in [2.45, 2.75) is 107 Å². The number of hydrogen-bond donors (Lipinski definition) is 5. The summed E-state index contributed by atoms with van der Waals surface area (Å²) in [5, 5.41) is 45.0. The van der Waals surface area contributed by atoms with Gasteiger partial charge in [0.25, 0.3) is 0 Å². The van der Waals surface area contributed by atoms with Crippen molar-refractivity contribution in [2.75, 3.05) is 14.2 Å². The Hall–Kier alpha value is -3.47. The summed E-state index contributed by atoms with van der Waals surface area (Å²) in [5.41, 5.74) is 3.41. The highest BCUT2D eigenvalue weighted by Crippen LogP contribution is 2.52. The Kier molecular flexibility index (Phi) is 9.15. The van der Waals surface area contributed by atoms with E-state index in [0.29, 0.717) is 0 Å². The third-order valence-corrected chi connectivity index (χ3v) is 10.0. The lowest BCUT2D eigenvalue weighted by Crippen LogP contribution is -2.57. The number of methoxy groups -OCH3 is 2. The van der Waals surface area contributed by atoms with Crippen molar-refractivity contribution in [3.05, 3.63) is 51.6 Å². The first-order chi connectivity index (χ1) is 22.7. The minimum Gasteiger partial charge on any atom is -0.507 e. The van der Waals surface area contributed by atoms with Gasteiger partial charge in [0.1, 0.15) is 35.1 Å². The van der Waals surface area contributed by atoms with Crippen molar-refractivity contribution in [1.29, 1.82) is 0 Å². The molecule has 0 spiro atoms. The molecule has 0 radical (unpaired) electrons. The van der Waals surface area contributed by atoms with Gasteiger partial charge in [-0.1, -0.05) is 12.1 Å². The number of nitrogens with two attached hydrogens (primary N) is 1. The van der Waals surface area contributed by atoms with E-state index in [0.717, 1.165) is 0 Å². The van der Waals surface area contributed by atoms with Gasteiger partial charge >= 0.3 is 0 Å². The number of carbonyl (C=O) groups is 3. The van der Waals surface area contributed by atoms with Crippen LogP contribution in [0.3, 0.4) is 0 Å². The molecule has 2 aliphatic carbocycles. The number of aliphatic hydroxyl groups is 2.